The van der Waals surface area contributed by atoms with Gasteiger partial charge in [-0.3, -0.25) is 13.9 Å². The average Bonchev–Trinajstić information content (AvgIpc) is 3.63. The third-order valence-electron chi connectivity index (χ3n) is 8.70. The van der Waals surface area contributed by atoms with Gasteiger partial charge in [0.15, 0.2) is 11.5 Å². The molecule has 0 aliphatic heterocycles. The minimum Gasteiger partial charge on any atom is -0.493 e. The summed E-state index contributed by atoms with van der Waals surface area (Å²) in [5.74, 6) is -0.474. The summed E-state index contributed by atoms with van der Waals surface area (Å²) in [5.41, 5.74) is 1.43. The SMILES string of the molecule is COc1ccc(S(=O)(=O)N(CC(=O)N(Cc2c(Cl)cccc2Cl)C(Cc2ccccc2)C(=O)NC2CCCC2)c2ccc(Cl)cc2)cc1OC. The molecule has 1 saturated carbocycles. The molecule has 1 fully saturated rings. The molecule has 5 rings (SSSR count). The zero-order chi connectivity index (χ0) is 35.8. The maximum atomic E-state index is 14.8. The topological polar surface area (TPSA) is 105 Å². The first-order chi connectivity index (χ1) is 24.0. The van der Waals surface area contributed by atoms with E-state index in [0.717, 1.165) is 35.6 Å². The Balaban J connectivity index is 1.61. The highest BCUT2D eigenvalue weighted by molar-refractivity contribution is 7.92. The van der Waals surface area contributed by atoms with Gasteiger partial charge in [0, 0.05) is 45.7 Å². The molecule has 1 unspecified atom stereocenters. The van der Waals surface area contributed by atoms with Gasteiger partial charge in [0.2, 0.25) is 11.8 Å². The summed E-state index contributed by atoms with van der Waals surface area (Å²) < 4.78 is 40.6. The first kappa shape index (κ1) is 37.3. The second kappa shape index (κ2) is 16.8. The summed E-state index contributed by atoms with van der Waals surface area (Å²) in [4.78, 5) is 30.2. The van der Waals surface area contributed by atoms with Crippen molar-refractivity contribution in [3.8, 4) is 11.5 Å². The van der Waals surface area contributed by atoms with Crippen molar-refractivity contribution in [2.45, 2.75) is 55.6 Å². The maximum Gasteiger partial charge on any atom is 0.264 e. The molecule has 13 heteroatoms. The Hall–Kier alpha value is -3.96. The fourth-order valence-electron chi connectivity index (χ4n) is 6.02. The summed E-state index contributed by atoms with van der Waals surface area (Å²) in [7, 11) is -1.57. The van der Waals surface area contributed by atoms with E-state index in [0.29, 0.717) is 26.4 Å². The van der Waals surface area contributed by atoms with E-state index in [1.807, 2.05) is 30.3 Å². The number of nitrogens with zero attached hydrogens (tertiary/aromatic N) is 2. The van der Waals surface area contributed by atoms with Crippen LogP contribution in [0.25, 0.3) is 0 Å². The van der Waals surface area contributed by atoms with Gasteiger partial charge in [-0.2, -0.15) is 0 Å². The standard InChI is InChI=1S/C37H38Cl3N3O6S/c1-48-34-20-19-29(22-35(34)49-2)50(46,47)43(28-17-15-26(38)16-18-28)24-36(44)42(23-30-31(39)13-8-14-32(30)40)33(21-25-9-4-3-5-10-25)37(45)41-27-11-6-7-12-27/h3-5,8-10,13-20,22,27,33H,6-7,11-12,21,23-24H2,1-2H3,(H,41,45). The molecular formula is C37H38Cl3N3O6S. The van der Waals surface area contributed by atoms with Crippen LogP contribution in [0.4, 0.5) is 5.69 Å². The van der Waals surface area contributed by atoms with Gasteiger partial charge in [0.1, 0.15) is 12.6 Å². The van der Waals surface area contributed by atoms with Crippen LogP contribution in [0.5, 0.6) is 11.5 Å². The van der Waals surface area contributed by atoms with Crippen LogP contribution in [0, 0.1) is 0 Å². The molecule has 0 heterocycles. The number of sulfonamides is 1. The van der Waals surface area contributed by atoms with Crippen molar-refractivity contribution >= 4 is 62.3 Å². The van der Waals surface area contributed by atoms with Crippen molar-refractivity contribution in [1.82, 2.24) is 10.2 Å². The molecule has 0 radical (unpaired) electrons. The fraction of sp³-hybridized carbons (Fsp3) is 0.297. The van der Waals surface area contributed by atoms with Crippen molar-refractivity contribution in [3.05, 3.63) is 117 Å². The quantitative estimate of drug-likeness (QED) is 0.142. The lowest BCUT2D eigenvalue weighted by Gasteiger charge is -2.34. The zero-order valence-corrected chi connectivity index (χ0v) is 30.7. The van der Waals surface area contributed by atoms with E-state index in [4.69, 9.17) is 44.3 Å². The van der Waals surface area contributed by atoms with Crippen molar-refractivity contribution < 1.29 is 27.5 Å². The van der Waals surface area contributed by atoms with E-state index in [1.54, 1.807) is 18.2 Å². The van der Waals surface area contributed by atoms with Crippen LogP contribution in [0.3, 0.4) is 0 Å². The van der Waals surface area contributed by atoms with E-state index in [9.17, 15) is 18.0 Å². The van der Waals surface area contributed by atoms with E-state index in [2.05, 4.69) is 5.32 Å². The summed E-state index contributed by atoms with van der Waals surface area (Å²) in [5, 5.41) is 4.14. The number of nitrogens with one attached hydrogen (secondary N) is 1. The first-order valence-electron chi connectivity index (χ1n) is 16.1. The van der Waals surface area contributed by atoms with Gasteiger partial charge in [-0.05, 0) is 66.9 Å². The second-order valence-corrected chi connectivity index (χ2v) is 15.0. The highest BCUT2D eigenvalue weighted by Gasteiger charge is 2.36. The van der Waals surface area contributed by atoms with Crippen LogP contribution < -0.4 is 19.1 Å². The minimum atomic E-state index is -4.41. The Morgan fingerprint density at radius 2 is 1.48 bits per heavy atom. The van der Waals surface area contributed by atoms with E-state index in [-0.39, 0.29) is 41.2 Å². The predicted molar refractivity (Wildman–Crippen MR) is 197 cm³/mol. The largest absolute Gasteiger partial charge is 0.493 e. The number of hydrogen-bond acceptors (Lipinski definition) is 6. The summed E-state index contributed by atoms with van der Waals surface area (Å²) >= 11 is 19.4. The normalized spacial score (nSPS) is 13.8. The Kier molecular flexibility index (Phi) is 12.6. The number of amides is 2. The molecule has 50 heavy (non-hydrogen) atoms. The number of ether oxygens (including phenoxy) is 2. The Labute approximate surface area is 308 Å². The van der Waals surface area contributed by atoms with Gasteiger partial charge in [0.05, 0.1) is 24.8 Å². The highest BCUT2D eigenvalue weighted by Crippen LogP contribution is 2.33. The number of anilines is 1. The van der Waals surface area contributed by atoms with E-state index in [1.165, 1.54) is 61.6 Å². The molecule has 4 aromatic carbocycles. The Bertz CT molecular complexity index is 1890. The number of benzene rings is 4. The van der Waals surface area contributed by atoms with Crippen molar-refractivity contribution in [3.63, 3.8) is 0 Å². The highest BCUT2D eigenvalue weighted by atomic mass is 35.5. The van der Waals surface area contributed by atoms with Crippen molar-refractivity contribution in [2.24, 2.45) is 0 Å². The van der Waals surface area contributed by atoms with Gasteiger partial charge in [-0.1, -0.05) is 84.0 Å². The molecule has 1 aliphatic carbocycles. The molecule has 2 amide bonds. The molecule has 264 valence electrons. The lowest BCUT2D eigenvalue weighted by molar-refractivity contribution is -0.140. The van der Waals surface area contributed by atoms with Crippen LogP contribution in [0.15, 0.2) is 95.9 Å². The number of carbonyl (C=O) groups is 2. The third-order valence-corrected chi connectivity index (χ3v) is 11.4. The van der Waals surface area contributed by atoms with Crippen LogP contribution in [0.2, 0.25) is 15.1 Å². The molecule has 9 nitrogen and oxygen atoms in total. The van der Waals surface area contributed by atoms with Crippen LogP contribution in [-0.4, -0.2) is 58.0 Å². The number of hydrogen-bond donors (Lipinski definition) is 1. The summed E-state index contributed by atoms with van der Waals surface area (Å²) in [6, 6.07) is 23.5. The smallest absolute Gasteiger partial charge is 0.264 e. The van der Waals surface area contributed by atoms with Gasteiger partial charge in [0.25, 0.3) is 10.0 Å². The first-order valence-corrected chi connectivity index (χ1v) is 18.7. The summed E-state index contributed by atoms with van der Waals surface area (Å²) in [6.07, 6.45) is 3.83. The van der Waals surface area contributed by atoms with Gasteiger partial charge in [-0.15, -0.1) is 0 Å². The second-order valence-electron chi connectivity index (χ2n) is 11.9. The molecule has 0 spiro atoms. The third kappa shape index (κ3) is 8.84. The fourth-order valence-corrected chi connectivity index (χ4v) is 8.09. The lowest BCUT2D eigenvalue weighted by atomic mass is 10.0. The molecule has 0 bridgehead atoms. The Morgan fingerprint density at radius 1 is 0.840 bits per heavy atom. The number of carbonyl (C=O) groups excluding carboxylic acids is 2. The van der Waals surface area contributed by atoms with Crippen molar-refractivity contribution in [1.29, 1.82) is 0 Å². The molecule has 4 aromatic rings. The molecule has 0 aromatic heterocycles. The predicted octanol–water partition coefficient (Wildman–Crippen LogP) is 7.56. The van der Waals surface area contributed by atoms with Gasteiger partial charge < -0.3 is 19.7 Å². The zero-order valence-electron chi connectivity index (χ0n) is 27.7. The number of methoxy groups -OCH3 is 2. The number of rotatable bonds is 14. The van der Waals surface area contributed by atoms with Crippen LogP contribution in [0.1, 0.15) is 36.8 Å². The molecule has 0 saturated heterocycles. The lowest BCUT2D eigenvalue weighted by Crippen LogP contribution is -2.54. The van der Waals surface area contributed by atoms with Gasteiger partial charge in [-0.25, -0.2) is 8.42 Å². The summed E-state index contributed by atoms with van der Waals surface area (Å²) in [6.45, 7) is -0.819. The molecular weight excluding hydrogens is 721 g/mol. The van der Waals surface area contributed by atoms with E-state index < -0.39 is 28.5 Å². The van der Waals surface area contributed by atoms with Crippen molar-refractivity contribution in [2.75, 3.05) is 25.1 Å². The van der Waals surface area contributed by atoms with Crippen LogP contribution in [-0.2, 0) is 32.6 Å². The average molecular weight is 759 g/mol. The molecule has 1 aliphatic rings. The monoisotopic (exact) mass is 757 g/mol. The van der Waals surface area contributed by atoms with Gasteiger partial charge >= 0.3 is 0 Å². The van der Waals surface area contributed by atoms with Crippen LogP contribution >= 0.6 is 34.8 Å². The van der Waals surface area contributed by atoms with E-state index >= 15 is 0 Å². The number of halogens is 3. The molecule has 1 N–H and O–H groups in total. The minimum absolute atomic E-state index is 0.0300. The Morgan fingerprint density at radius 3 is 2.10 bits per heavy atom. The maximum absolute atomic E-state index is 14.8. The molecule has 1 atom stereocenters.